The molecule has 0 aromatic rings. The molecule has 1 aliphatic carbocycles. The van der Waals surface area contributed by atoms with Crippen molar-refractivity contribution in [2.24, 2.45) is 16.7 Å². The van der Waals surface area contributed by atoms with E-state index in [9.17, 15) is 0 Å². The topological polar surface area (TPSA) is 9.72 Å². The van der Waals surface area contributed by atoms with Crippen molar-refractivity contribution in [1.29, 1.82) is 0 Å². The predicted molar refractivity (Wildman–Crippen MR) is 111 cm³/mol. The SMILES string of the molecule is CN1CCCC(N2CCCC(N3CC4(CCC(C(C)(C)C)CC4)C3)C2)C1. The molecule has 4 rings (SSSR count). The lowest BCUT2D eigenvalue weighted by Crippen LogP contribution is -2.64. The molecule has 2 unspecified atom stereocenters. The minimum Gasteiger partial charge on any atom is -0.305 e. The van der Waals surface area contributed by atoms with Crippen molar-refractivity contribution in [3.05, 3.63) is 0 Å². The quantitative estimate of drug-likeness (QED) is 0.734. The normalized spacial score (nSPS) is 35.5. The standard InChI is InChI=1S/C23H43N3/c1-22(2,3)19-9-11-23(12-10-19)17-26(18-23)21-8-6-14-25(16-21)20-7-5-13-24(4)15-20/h19-21H,5-18H2,1-4H3. The average Bonchev–Trinajstić information content (AvgIpc) is 2.59. The molecule has 3 aliphatic heterocycles. The lowest BCUT2D eigenvalue weighted by Gasteiger charge is -2.58. The van der Waals surface area contributed by atoms with Crippen LogP contribution in [0.25, 0.3) is 0 Å². The van der Waals surface area contributed by atoms with Crippen molar-refractivity contribution in [1.82, 2.24) is 14.7 Å². The molecule has 0 N–H and O–H groups in total. The fourth-order valence-electron chi connectivity index (χ4n) is 6.54. The molecule has 1 spiro atoms. The van der Waals surface area contributed by atoms with Gasteiger partial charge in [0.2, 0.25) is 0 Å². The Morgan fingerprint density at radius 3 is 2.00 bits per heavy atom. The summed E-state index contributed by atoms with van der Waals surface area (Å²) in [6.07, 6.45) is 11.6. The van der Waals surface area contributed by atoms with E-state index in [1.807, 2.05) is 0 Å². The zero-order valence-electron chi connectivity index (χ0n) is 18.0. The van der Waals surface area contributed by atoms with Crippen LogP contribution in [0, 0.1) is 16.7 Å². The summed E-state index contributed by atoms with van der Waals surface area (Å²) in [5, 5.41) is 0. The van der Waals surface area contributed by atoms with Gasteiger partial charge in [-0.3, -0.25) is 9.80 Å². The van der Waals surface area contributed by atoms with Crippen molar-refractivity contribution in [2.45, 2.75) is 84.2 Å². The molecule has 0 aromatic carbocycles. The Kier molecular flexibility index (Phi) is 5.44. The van der Waals surface area contributed by atoms with Gasteiger partial charge in [-0.2, -0.15) is 0 Å². The molecule has 1 saturated carbocycles. The Bertz CT molecular complexity index is 466. The van der Waals surface area contributed by atoms with Crippen LogP contribution in [0.1, 0.15) is 72.1 Å². The second kappa shape index (κ2) is 7.37. The Hall–Kier alpha value is -0.120. The summed E-state index contributed by atoms with van der Waals surface area (Å²) in [5.74, 6) is 0.954. The lowest BCUT2D eigenvalue weighted by molar-refractivity contribution is -0.0886. The molecule has 3 saturated heterocycles. The van der Waals surface area contributed by atoms with Crippen LogP contribution in [0.5, 0.6) is 0 Å². The summed E-state index contributed by atoms with van der Waals surface area (Å²) in [6.45, 7) is 15.5. The second-order valence-corrected chi connectivity index (χ2v) is 11.4. The van der Waals surface area contributed by atoms with Gasteiger partial charge in [0.05, 0.1) is 0 Å². The monoisotopic (exact) mass is 361 g/mol. The number of likely N-dealkylation sites (tertiary alicyclic amines) is 3. The second-order valence-electron chi connectivity index (χ2n) is 11.4. The number of hydrogen-bond donors (Lipinski definition) is 0. The van der Waals surface area contributed by atoms with Crippen LogP contribution in [-0.2, 0) is 0 Å². The summed E-state index contributed by atoms with van der Waals surface area (Å²) in [4.78, 5) is 8.27. The lowest BCUT2D eigenvalue weighted by atomic mass is 9.61. The van der Waals surface area contributed by atoms with E-state index >= 15 is 0 Å². The van der Waals surface area contributed by atoms with Gasteiger partial charge in [0.25, 0.3) is 0 Å². The fraction of sp³-hybridized carbons (Fsp3) is 1.00. The predicted octanol–water partition coefficient (Wildman–Crippen LogP) is 4.08. The Labute approximate surface area is 162 Å². The van der Waals surface area contributed by atoms with Crippen molar-refractivity contribution in [2.75, 3.05) is 46.3 Å². The Morgan fingerprint density at radius 2 is 1.38 bits per heavy atom. The third-order valence-electron chi connectivity index (χ3n) is 8.41. The average molecular weight is 362 g/mol. The smallest absolute Gasteiger partial charge is 0.0224 e. The molecule has 3 nitrogen and oxygen atoms in total. The molecular formula is C23H43N3. The van der Waals surface area contributed by atoms with E-state index < -0.39 is 0 Å². The van der Waals surface area contributed by atoms with Crippen LogP contribution in [-0.4, -0.2) is 73.1 Å². The highest BCUT2D eigenvalue weighted by molar-refractivity contribution is 5.02. The van der Waals surface area contributed by atoms with Crippen molar-refractivity contribution < 1.29 is 0 Å². The van der Waals surface area contributed by atoms with E-state index in [-0.39, 0.29) is 0 Å². The zero-order chi connectivity index (χ0) is 18.4. The molecule has 0 bridgehead atoms. The highest BCUT2D eigenvalue weighted by atomic mass is 15.3. The summed E-state index contributed by atoms with van der Waals surface area (Å²) in [7, 11) is 2.31. The van der Waals surface area contributed by atoms with E-state index in [0.717, 1.165) is 18.0 Å². The zero-order valence-corrected chi connectivity index (χ0v) is 18.0. The fourth-order valence-corrected chi connectivity index (χ4v) is 6.54. The van der Waals surface area contributed by atoms with Gasteiger partial charge in [-0.15, -0.1) is 0 Å². The molecule has 26 heavy (non-hydrogen) atoms. The summed E-state index contributed by atoms with van der Waals surface area (Å²) < 4.78 is 0. The maximum Gasteiger partial charge on any atom is 0.0224 e. The van der Waals surface area contributed by atoms with Gasteiger partial charge < -0.3 is 4.90 Å². The molecule has 3 heteroatoms. The number of likely N-dealkylation sites (N-methyl/N-ethyl adjacent to an activating group) is 1. The molecule has 4 fully saturated rings. The Morgan fingerprint density at radius 1 is 0.769 bits per heavy atom. The van der Waals surface area contributed by atoms with Crippen LogP contribution in [0.15, 0.2) is 0 Å². The van der Waals surface area contributed by atoms with E-state index in [2.05, 4.69) is 42.5 Å². The molecular weight excluding hydrogens is 318 g/mol. The molecule has 0 amide bonds. The number of nitrogens with zero attached hydrogens (tertiary/aromatic N) is 3. The maximum atomic E-state index is 2.87. The van der Waals surface area contributed by atoms with E-state index in [4.69, 9.17) is 0 Å². The summed E-state index contributed by atoms with van der Waals surface area (Å²) in [5.41, 5.74) is 1.22. The molecule has 2 atom stereocenters. The van der Waals surface area contributed by atoms with Crippen LogP contribution in [0.4, 0.5) is 0 Å². The third kappa shape index (κ3) is 4.00. The molecule has 0 radical (unpaired) electrons. The van der Waals surface area contributed by atoms with Gasteiger partial charge in [0.15, 0.2) is 0 Å². The minimum absolute atomic E-state index is 0.516. The largest absolute Gasteiger partial charge is 0.305 e. The maximum absolute atomic E-state index is 2.87. The van der Waals surface area contributed by atoms with Crippen LogP contribution in [0.2, 0.25) is 0 Å². The first-order valence-electron chi connectivity index (χ1n) is 11.5. The van der Waals surface area contributed by atoms with E-state index in [0.29, 0.717) is 10.8 Å². The van der Waals surface area contributed by atoms with E-state index in [1.54, 1.807) is 0 Å². The van der Waals surface area contributed by atoms with E-state index in [1.165, 1.54) is 90.6 Å². The first kappa shape index (κ1) is 19.2. The molecule has 3 heterocycles. The van der Waals surface area contributed by atoms with Gasteiger partial charge in [0.1, 0.15) is 0 Å². The van der Waals surface area contributed by atoms with Crippen molar-refractivity contribution >= 4 is 0 Å². The summed E-state index contributed by atoms with van der Waals surface area (Å²) >= 11 is 0. The first-order valence-corrected chi connectivity index (χ1v) is 11.5. The summed E-state index contributed by atoms with van der Waals surface area (Å²) in [6, 6.07) is 1.68. The molecule has 150 valence electrons. The van der Waals surface area contributed by atoms with Gasteiger partial charge in [0, 0.05) is 38.3 Å². The van der Waals surface area contributed by atoms with Gasteiger partial charge >= 0.3 is 0 Å². The highest BCUT2D eigenvalue weighted by Gasteiger charge is 2.48. The van der Waals surface area contributed by atoms with Crippen molar-refractivity contribution in [3.8, 4) is 0 Å². The van der Waals surface area contributed by atoms with Gasteiger partial charge in [-0.1, -0.05) is 20.8 Å². The van der Waals surface area contributed by atoms with Gasteiger partial charge in [-0.05, 0) is 88.3 Å². The molecule has 0 aromatic heterocycles. The highest BCUT2D eigenvalue weighted by Crippen LogP contribution is 2.50. The number of piperidine rings is 2. The minimum atomic E-state index is 0.516. The van der Waals surface area contributed by atoms with Gasteiger partial charge in [-0.25, -0.2) is 0 Å². The van der Waals surface area contributed by atoms with Crippen LogP contribution >= 0.6 is 0 Å². The number of rotatable bonds is 2. The van der Waals surface area contributed by atoms with Crippen LogP contribution < -0.4 is 0 Å². The third-order valence-corrected chi connectivity index (χ3v) is 8.41. The Balaban J connectivity index is 1.26. The van der Waals surface area contributed by atoms with Crippen LogP contribution in [0.3, 0.4) is 0 Å². The number of hydrogen-bond acceptors (Lipinski definition) is 3. The first-order chi connectivity index (χ1) is 12.3. The van der Waals surface area contributed by atoms with Crippen molar-refractivity contribution in [3.63, 3.8) is 0 Å². The molecule has 4 aliphatic rings.